The molecule has 0 radical (unpaired) electrons. The Labute approximate surface area is 109 Å². The van der Waals surface area contributed by atoms with Gasteiger partial charge in [-0.3, -0.25) is 0 Å². The number of fused-ring (bicyclic) bond motifs is 1. The van der Waals surface area contributed by atoms with E-state index < -0.39 is 0 Å². The molecule has 3 heteroatoms. The van der Waals surface area contributed by atoms with Crippen molar-refractivity contribution < 1.29 is 0 Å². The Balaban J connectivity index is 2.71. The summed E-state index contributed by atoms with van der Waals surface area (Å²) in [6.07, 6.45) is 1.90. The molecular formula is C15H23N3. The van der Waals surface area contributed by atoms with Crippen molar-refractivity contribution in [1.29, 1.82) is 0 Å². The molecule has 2 heterocycles. The Morgan fingerprint density at radius 1 is 0.944 bits per heavy atom. The topological polar surface area (TPSA) is 30.2 Å². The van der Waals surface area contributed by atoms with Gasteiger partial charge in [-0.05, 0) is 23.8 Å². The Hall–Kier alpha value is -1.38. The molecule has 0 fully saturated rings. The summed E-state index contributed by atoms with van der Waals surface area (Å²) in [5, 5.41) is 4.58. The van der Waals surface area contributed by atoms with E-state index in [4.69, 9.17) is 4.98 Å². The van der Waals surface area contributed by atoms with E-state index in [-0.39, 0.29) is 0 Å². The Kier molecular flexibility index (Phi) is 3.42. The molecule has 0 bridgehead atoms. The van der Waals surface area contributed by atoms with Crippen LogP contribution in [0.2, 0.25) is 0 Å². The first kappa shape index (κ1) is 13.1. The molecule has 0 saturated carbocycles. The molecule has 0 N–H and O–H groups in total. The molecule has 18 heavy (non-hydrogen) atoms. The van der Waals surface area contributed by atoms with E-state index in [0.29, 0.717) is 17.8 Å². The lowest BCUT2D eigenvalue weighted by Gasteiger charge is -2.08. The van der Waals surface area contributed by atoms with Gasteiger partial charge >= 0.3 is 0 Å². The molecule has 0 aliphatic heterocycles. The van der Waals surface area contributed by atoms with E-state index in [2.05, 4.69) is 52.7 Å². The molecule has 3 nitrogen and oxygen atoms in total. The van der Waals surface area contributed by atoms with Crippen LogP contribution in [-0.2, 0) is 0 Å². The van der Waals surface area contributed by atoms with Crippen molar-refractivity contribution in [3.63, 3.8) is 0 Å². The van der Waals surface area contributed by atoms with Crippen LogP contribution in [0.5, 0.6) is 0 Å². The number of rotatable bonds is 3. The van der Waals surface area contributed by atoms with Gasteiger partial charge in [0, 0.05) is 11.3 Å². The first-order valence-electron chi connectivity index (χ1n) is 6.80. The monoisotopic (exact) mass is 245 g/mol. The van der Waals surface area contributed by atoms with E-state index in [1.165, 1.54) is 11.3 Å². The van der Waals surface area contributed by atoms with Crippen molar-refractivity contribution in [3.8, 4) is 0 Å². The quantitative estimate of drug-likeness (QED) is 0.815. The van der Waals surface area contributed by atoms with Crippen LogP contribution in [-0.4, -0.2) is 14.6 Å². The smallest absolute Gasteiger partial charge is 0.157 e. The molecular weight excluding hydrogens is 222 g/mol. The molecule has 0 atom stereocenters. The summed E-state index contributed by atoms with van der Waals surface area (Å²) >= 11 is 0. The summed E-state index contributed by atoms with van der Waals surface area (Å²) in [6, 6.07) is 2.26. The zero-order valence-corrected chi connectivity index (χ0v) is 12.2. The van der Waals surface area contributed by atoms with Crippen LogP contribution in [0.25, 0.3) is 5.65 Å². The summed E-state index contributed by atoms with van der Waals surface area (Å²) in [5.74, 6) is 1.35. The van der Waals surface area contributed by atoms with Gasteiger partial charge in [0.25, 0.3) is 0 Å². The molecule has 0 aliphatic rings. The Morgan fingerprint density at radius 3 is 2.11 bits per heavy atom. The molecule has 0 unspecified atom stereocenters. The van der Waals surface area contributed by atoms with Gasteiger partial charge in [-0.1, -0.05) is 41.5 Å². The van der Waals surface area contributed by atoms with Crippen LogP contribution in [0.3, 0.4) is 0 Å². The highest BCUT2D eigenvalue weighted by atomic mass is 15.3. The van der Waals surface area contributed by atoms with Crippen LogP contribution >= 0.6 is 0 Å². The fourth-order valence-corrected chi connectivity index (χ4v) is 2.15. The van der Waals surface area contributed by atoms with Crippen molar-refractivity contribution in [3.05, 3.63) is 29.2 Å². The predicted octanol–water partition coefficient (Wildman–Crippen LogP) is 4.10. The van der Waals surface area contributed by atoms with Crippen molar-refractivity contribution >= 4 is 5.65 Å². The van der Waals surface area contributed by atoms with Crippen LogP contribution in [0, 0.1) is 0 Å². The highest BCUT2D eigenvalue weighted by Gasteiger charge is 2.17. The molecule has 0 amide bonds. The van der Waals surface area contributed by atoms with Crippen LogP contribution in [0.4, 0.5) is 0 Å². The minimum absolute atomic E-state index is 0.417. The highest BCUT2D eigenvalue weighted by Crippen LogP contribution is 2.27. The van der Waals surface area contributed by atoms with Crippen LogP contribution in [0.1, 0.15) is 76.2 Å². The van der Waals surface area contributed by atoms with E-state index in [1.807, 2.05) is 10.7 Å². The molecule has 2 rings (SSSR count). The van der Waals surface area contributed by atoms with Crippen molar-refractivity contribution in [2.75, 3.05) is 0 Å². The third-order valence-electron chi connectivity index (χ3n) is 3.35. The summed E-state index contributed by atoms with van der Waals surface area (Å²) in [6.45, 7) is 13.1. The van der Waals surface area contributed by atoms with Crippen molar-refractivity contribution in [2.45, 2.75) is 59.3 Å². The molecule has 2 aromatic heterocycles. The van der Waals surface area contributed by atoms with E-state index in [9.17, 15) is 0 Å². The maximum absolute atomic E-state index is 4.80. The van der Waals surface area contributed by atoms with Crippen LogP contribution in [0.15, 0.2) is 12.3 Å². The summed E-state index contributed by atoms with van der Waals surface area (Å²) in [5.41, 5.74) is 4.64. The lowest BCUT2D eigenvalue weighted by Crippen LogP contribution is -2.04. The second kappa shape index (κ2) is 4.71. The lowest BCUT2D eigenvalue weighted by atomic mass is 10.0. The minimum Gasteiger partial charge on any atom is -0.231 e. The van der Waals surface area contributed by atoms with Crippen molar-refractivity contribution in [2.24, 2.45) is 0 Å². The summed E-state index contributed by atoms with van der Waals surface area (Å²) in [7, 11) is 0. The number of hydrogen-bond donors (Lipinski definition) is 0. The first-order valence-corrected chi connectivity index (χ1v) is 6.80. The standard InChI is InChI=1S/C15H23N3/c1-9(2)12-7-14(11(5)6)18-15(12)17-13(8-16-18)10(3)4/h7-11H,1-6H3. The zero-order valence-electron chi connectivity index (χ0n) is 12.2. The van der Waals surface area contributed by atoms with Gasteiger partial charge in [-0.25, -0.2) is 9.50 Å². The lowest BCUT2D eigenvalue weighted by molar-refractivity contribution is 0.727. The number of hydrogen-bond acceptors (Lipinski definition) is 2. The second-order valence-electron chi connectivity index (χ2n) is 5.91. The second-order valence-corrected chi connectivity index (χ2v) is 5.91. The SMILES string of the molecule is CC(C)c1cnn2c(C(C)C)cc(C(C)C)c2n1. The van der Waals surface area contributed by atoms with E-state index >= 15 is 0 Å². The molecule has 0 saturated heterocycles. The third kappa shape index (κ3) is 2.14. The maximum atomic E-state index is 4.80. The van der Waals surface area contributed by atoms with E-state index in [1.54, 1.807) is 0 Å². The summed E-state index contributed by atoms with van der Waals surface area (Å²) in [4.78, 5) is 4.80. The fraction of sp³-hybridized carbons (Fsp3) is 0.600. The largest absolute Gasteiger partial charge is 0.231 e. The average Bonchev–Trinajstić information content (AvgIpc) is 2.67. The number of nitrogens with zero attached hydrogens (tertiary/aromatic N) is 3. The normalized spacial score (nSPS) is 12.3. The van der Waals surface area contributed by atoms with E-state index in [0.717, 1.165) is 11.3 Å². The zero-order chi connectivity index (χ0) is 13.4. The number of aromatic nitrogens is 3. The Bertz CT molecular complexity index is 550. The fourth-order valence-electron chi connectivity index (χ4n) is 2.15. The average molecular weight is 245 g/mol. The molecule has 0 aliphatic carbocycles. The van der Waals surface area contributed by atoms with Crippen LogP contribution < -0.4 is 0 Å². The van der Waals surface area contributed by atoms with Gasteiger partial charge < -0.3 is 0 Å². The molecule has 2 aromatic rings. The van der Waals surface area contributed by atoms with Gasteiger partial charge in [0.2, 0.25) is 0 Å². The van der Waals surface area contributed by atoms with Gasteiger partial charge in [0.15, 0.2) is 5.65 Å². The van der Waals surface area contributed by atoms with Crippen molar-refractivity contribution in [1.82, 2.24) is 14.6 Å². The van der Waals surface area contributed by atoms with Gasteiger partial charge in [-0.2, -0.15) is 5.10 Å². The predicted molar refractivity (Wildman–Crippen MR) is 75.3 cm³/mol. The van der Waals surface area contributed by atoms with Gasteiger partial charge in [0.05, 0.1) is 11.9 Å². The molecule has 0 spiro atoms. The third-order valence-corrected chi connectivity index (χ3v) is 3.35. The Morgan fingerprint density at radius 2 is 1.61 bits per heavy atom. The molecule has 0 aromatic carbocycles. The summed E-state index contributed by atoms with van der Waals surface area (Å²) < 4.78 is 2.01. The molecule has 98 valence electrons. The van der Waals surface area contributed by atoms with Gasteiger partial charge in [-0.15, -0.1) is 0 Å². The first-order chi connectivity index (χ1) is 8.41. The highest BCUT2D eigenvalue weighted by molar-refractivity contribution is 5.53. The minimum atomic E-state index is 0.417. The van der Waals surface area contributed by atoms with Gasteiger partial charge in [0.1, 0.15) is 0 Å². The maximum Gasteiger partial charge on any atom is 0.157 e.